The highest BCUT2D eigenvalue weighted by molar-refractivity contribution is 9.10. The Morgan fingerprint density at radius 1 is 1.06 bits per heavy atom. The van der Waals surface area contributed by atoms with Gasteiger partial charge in [0.2, 0.25) is 0 Å². The first-order valence-corrected chi connectivity index (χ1v) is 7.58. The van der Waals surface area contributed by atoms with Gasteiger partial charge < -0.3 is 4.90 Å². The number of carbonyl (C=O) groups excluding carboxylic acids is 1. The summed E-state index contributed by atoms with van der Waals surface area (Å²) in [6, 6.07) is 7.70. The number of nitrogens with zero attached hydrogens (tertiary/aromatic N) is 1. The molecule has 1 aromatic rings. The first-order chi connectivity index (χ1) is 8.74. The third-order valence-corrected chi connectivity index (χ3v) is 4.88. The van der Waals surface area contributed by atoms with E-state index in [1.54, 1.807) is 0 Å². The fourth-order valence-corrected chi connectivity index (χ4v) is 3.61. The zero-order valence-corrected chi connectivity index (χ0v) is 12.0. The molecule has 0 radical (unpaired) electrons. The molecule has 0 aromatic heterocycles. The van der Waals surface area contributed by atoms with E-state index in [1.165, 1.54) is 25.7 Å². The van der Waals surface area contributed by atoms with Crippen LogP contribution in [-0.4, -0.2) is 23.9 Å². The van der Waals surface area contributed by atoms with Gasteiger partial charge in [-0.25, -0.2) is 0 Å². The number of likely N-dealkylation sites (tertiary alicyclic amines) is 1. The third kappa shape index (κ3) is 2.33. The van der Waals surface area contributed by atoms with Crippen LogP contribution in [0.25, 0.3) is 0 Å². The van der Waals surface area contributed by atoms with Gasteiger partial charge in [-0.1, -0.05) is 28.8 Å². The SMILES string of the molecule is O=C(c1ccc(Br)cc1)N1CC2CCCCC2C1. The Bertz CT molecular complexity index is 428. The molecular weight excluding hydrogens is 290 g/mol. The Hall–Kier alpha value is -0.830. The van der Waals surface area contributed by atoms with Gasteiger partial charge in [0.05, 0.1) is 0 Å². The van der Waals surface area contributed by atoms with Crippen molar-refractivity contribution < 1.29 is 4.79 Å². The van der Waals surface area contributed by atoms with Crippen LogP contribution in [0.15, 0.2) is 28.7 Å². The second-order valence-corrected chi connectivity index (χ2v) is 6.44. The number of benzene rings is 1. The number of hydrogen-bond acceptors (Lipinski definition) is 1. The van der Waals surface area contributed by atoms with Gasteiger partial charge in [0.1, 0.15) is 0 Å². The maximum absolute atomic E-state index is 12.4. The zero-order chi connectivity index (χ0) is 12.5. The number of halogens is 1. The van der Waals surface area contributed by atoms with Gasteiger partial charge in [-0.05, 0) is 48.9 Å². The third-order valence-electron chi connectivity index (χ3n) is 4.35. The molecule has 1 saturated heterocycles. The lowest BCUT2D eigenvalue weighted by Crippen LogP contribution is -2.28. The smallest absolute Gasteiger partial charge is 0.253 e. The predicted octanol–water partition coefficient (Wildman–Crippen LogP) is 3.71. The number of rotatable bonds is 1. The second-order valence-electron chi connectivity index (χ2n) is 5.52. The van der Waals surface area contributed by atoms with Crippen molar-refractivity contribution in [2.75, 3.05) is 13.1 Å². The predicted molar refractivity (Wildman–Crippen MR) is 75.5 cm³/mol. The maximum Gasteiger partial charge on any atom is 0.253 e. The summed E-state index contributed by atoms with van der Waals surface area (Å²) in [4.78, 5) is 14.5. The van der Waals surface area contributed by atoms with Crippen molar-refractivity contribution >= 4 is 21.8 Å². The van der Waals surface area contributed by atoms with Crippen molar-refractivity contribution in [2.24, 2.45) is 11.8 Å². The minimum atomic E-state index is 0.205. The average Bonchev–Trinajstić information content (AvgIpc) is 2.82. The molecule has 2 unspecified atom stereocenters. The molecule has 1 amide bonds. The molecular formula is C15H18BrNO. The highest BCUT2D eigenvalue weighted by atomic mass is 79.9. The van der Waals surface area contributed by atoms with E-state index in [4.69, 9.17) is 0 Å². The molecule has 2 aliphatic rings. The second kappa shape index (κ2) is 5.04. The lowest BCUT2D eigenvalue weighted by molar-refractivity contribution is 0.0784. The van der Waals surface area contributed by atoms with Crippen LogP contribution in [0.4, 0.5) is 0 Å². The topological polar surface area (TPSA) is 20.3 Å². The van der Waals surface area contributed by atoms with E-state index in [0.717, 1.165) is 35.0 Å². The van der Waals surface area contributed by atoms with Crippen LogP contribution in [0.2, 0.25) is 0 Å². The molecule has 1 saturated carbocycles. The Morgan fingerprint density at radius 3 is 2.17 bits per heavy atom. The van der Waals surface area contributed by atoms with Crippen LogP contribution in [0.1, 0.15) is 36.0 Å². The number of carbonyl (C=O) groups is 1. The highest BCUT2D eigenvalue weighted by Gasteiger charge is 2.36. The van der Waals surface area contributed by atoms with Crippen LogP contribution in [-0.2, 0) is 0 Å². The lowest BCUT2D eigenvalue weighted by Gasteiger charge is -2.22. The van der Waals surface area contributed by atoms with Gasteiger partial charge in [-0.2, -0.15) is 0 Å². The summed E-state index contributed by atoms with van der Waals surface area (Å²) < 4.78 is 1.02. The Kier molecular flexibility index (Phi) is 3.42. The van der Waals surface area contributed by atoms with E-state index in [0.29, 0.717) is 0 Å². The van der Waals surface area contributed by atoms with Gasteiger partial charge in [-0.3, -0.25) is 4.79 Å². The summed E-state index contributed by atoms with van der Waals surface area (Å²) in [7, 11) is 0. The van der Waals surface area contributed by atoms with Gasteiger partial charge in [-0.15, -0.1) is 0 Å². The van der Waals surface area contributed by atoms with E-state index in [2.05, 4.69) is 20.8 Å². The van der Waals surface area contributed by atoms with E-state index in [1.807, 2.05) is 24.3 Å². The molecule has 1 heterocycles. The summed E-state index contributed by atoms with van der Waals surface area (Å²) in [5, 5.41) is 0. The lowest BCUT2D eigenvalue weighted by atomic mass is 9.82. The number of amides is 1. The molecule has 2 atom stereocenters. The molecule has 1 aromatic carbocycles. The van der Waals surface area contributed by atoms with Crippen LogP contribution in [0, 0.1) is 11.8 Å². The van der Waals surface area contributed by atoms with Gasteiger partial charge in [0, 0.05) is 23.1 Å². The molecule has 0 N–H and O–H groups in total. The van der Waals surface area contributed by atoms with Gasteiger partial charge in [0.15, 0.2) is 0 Å². The van der Waals surface area contributed by atoms with Crippen molar-refractivity contribution in [3.05, 3.63) is 34.3 Å². The molecule has 96 valence electrons. The first kappa shape index (κ1) is 12.2. The molecule has 1 aliphatic heterocycles. The largest absolute Gasteiger partial charge is 0.338 e. The van der Waals surface area contributed by atoms with Gasteiger partial charge in [0.25, 0.3) is 5.91 Å². The minimum Gasteiger partial charge on any atom is -0.338 e. The van der Waals surface area contributed by atoms with Crippen molar-refractivity contribution in [1.82, 2.24) is 4.90 Å². The quantitative estimate of drug-likeness (QED) is 0.774. The fraction of sp³-hybridized carbons (Fsp3) is 0.533. The summed E-state index contributed by atoms with van der Waals surface area (Å²) in [6.07, 6.45) is 5.33. The fourth-order valence-electron chi connectivity index (χ4n) is 3.35. The molecule has 3 rings (SSSR count). The summed E-state index contributed by atoms with van der Waals surface area (Å²) >= 11 is 3.40. The first-order valence-electron chi connectivity index (χ1n) is 6.79. The summed E-state index contributed by atoms with van der Waals surface area (Å²) in [5.74, 6) is 1.73. The Morgan fingerprint density at radius 2 is 1.61 bits per heavy atom. The van der Waals surface area contributed by atoms with Crippen LogP contribution >= 0.6 is 15.9 Å². The van der Waals surface area contributed by atoms with Gasteiger partial charge >= 0.3 is 0 Å². The standard InChI is InChI=1S/C15H18BrNO/c16-14-7-5-11(6-8-14)15(18)17-9-12-3-1-2-4-13(12)10-17/h5-8,12-13H,1-4,9-10H2. The molecule has 0 bridgehead atoms. The van der Waals surface area contributed by atoms with E-state index >= 15 is 0 Å². The normalized spacial score (nSPS) is 27.1. The Labute approximate surface area is 116 Å². The summed E-state index contributed by atoms with van der Waals surface area (Å²) in [6.45, 7) is 1.94. The number of hydrogen-bond donors (Lipinski definition) is 0. The molecule has 2 fully saturated rings. The van der Waals surface area contributed by atoms with E-state index in [9.17, 15) is 4.79 Å². The minimum absolute atomic E-state index is 0.205. The highest BCUT2D eigenvalue weighted by Crippen LogP contribution is 2.36. The van der Waals surface area contributed by atoms with Crippen molar-refractivity contribution in [3.63, 3.8) is 0 Å². The van der Waals surface area contributed by atoms with Crippen LogP contribution in [0.5, 0.6) is 0 Å². The molecule has 0 spiro atoms. The van der Waals surface area contributed by atoms with Crippen LogP contribution in [0.3, 0.4) is 0 Å². The average molecular weight is 308 g/mol. The maximum atomic E-state index is 12.4. The monoisotopic (exact) mass is 307 g/mol. The molecule has 3 heteroatoms. The zero-order valence-electron chi connectivity index (χ0n) is 10.4. The van der Waals surface area contributed by atoms with Crippen LogP contribution < -0.4 is 0 Å². The van der Waals surface area contributed by atoms with Crippen molar-refractivity contribution in [1.29, 1.82) is 0 Å². The van der Waals surface area contributed by atoms with Crippen molar-refractivity contribution in [3.8, 4) is 0 Å². The molecule has 1 aliphatic carbocycles. The summed E-state index contributed by atoms with van der Waals surface area (Å²) in [5.41, 5.74) is 0.817. The molecule has 18 heavy (non-hydrogen) atoms. The van der Waals surface area contributed by atoms with E-state index in [-0.39, 0.29) is 5.91 Å². The van der Waals surface area contributed by atoms with E-state index < -0.39 is 0 Å². The van der Waals surface area contributed by atoms with Crippen molar-refractivity contribution in [2.45, 2.75) is 25.7 Å². The number of fused-ring (bicyclic) bond motifs is 1. The Balaban J connectivity index is 1.72. The molecule has 2 nitrogen and oxygen atoms in total.